The van der Waals surface area contributed by atoms with E-state index in [1.807, 2.05) is 42.5 Å². The Balaban J connectivity index is 0.000000157. The van der Waals surface area contributed by atoms with Gasteiger partial charge < -0.3 is 17.4 Å². The second kappa shape index (κ2) is 21.7. The molecule has 1 nitrogen and oxygen atoms in total. The molecule has 1 atom stereocenters. The number of hydrogen-bond donors (Lipinski definition) is 0. The zero-order valence-corrected chi connectivity index (χ0v) is 39.7. The van der Waals surface area contributed by atoms with Crippen LogP contribution in [0.4, 0.5) is 0 Å². The summed E-state index contributed by atoms with van der Waals surface area (Å²) in [6, 6.07) is 62.4. The number of allylic oxidation sites excluding steroid dienone is 4. The molecule has 0 fully saturated rings. The molecule has 1 unspecified atom stereocenters. The molecular weight excluding hydrogens is 1130 g/mol. The number of aryl methyl sites for hydroxylation is 1. The molecule has 0 N–H and O–H groups in total. The van der Waals surface area contributed by atoms with Crippen LogP contribution in [0.5, 0.6) is 0 Å². The van der Waals surface area contributed by atoms with Crippen molar-refractivity contribution in [1.82, 2.24) is 4.57 Å². The van der Waals surface area contributed by atoms with E-state index in [1.165, 1.54) is 78.7 Å². The molecule has 7 aromatic carbocycles. The van der Waals surface area contributed by atoms with E-state index in [9.17, 15) is 0 Å². The van der Waals surface area contributed by atoms with Crippen molar-refractivity contribution in [2.75, 3.05) is 5.90 Å². The van der Waals surface area contributed by atoms with Crippen molar-refractivity contribution < 1.29 is 44.8 Å². The van der Waals surface area contributed by atoms with Crippen molar-refractivity contribution in [3.05, 3.63) is 235 Å². The van der Waals surface area contributed by atoms with Crippen LogP contribution in [0.2, 0.25) is 0 Å². The summed E-state index contributed by atoms with van der Waals surface area (Å²) in [4.78, 5) is 0. The van der Waals surface area contributed by atoms with Gasteiger partial charge in [0.2, 0.25) is 0 Å². The SMILES string of the molecule is C1=CC([PH+](C[PH+](c2ccccc2)c2ccccc2)c2ccccc2)=CCC1.[Au+].[Au+].[C-]#Cc1ccc2c(c1)-c1ccccc1C2.[C-]#Cc1ccc2c(c1)c1ccccc1n2C. The van der Waals surface area contributed by atoms with Gasteiger partial charge in [0.15, 0.2) is 5.90 Å². The van der Waals surface area contributed by atoms with E-state index in [-0.39, 0.29) is 44.8 Å². The molecular formula is C55H45Au2NP2+2. The molecule has 0 amide bonds. The Morgan fingerprint density at radius 2 is 1.05 bits per heavy atom. The third kappa shape index (κ3) is 10.2. The van der Waals surface area contributed by atoms with Gasteiger partial charge in [-0.05, 0) is 102 Å². The fourth-order valence-electron chi connectivity index (χ4n) is 8.12. The van der Waals surface area contributed by atoms with E-state index in [0.717, 1.165) is 17.5 Å². The molecule has 8 aromatic rings. The van der Waals surface area contributed by atoms with E-state index in [0.29, 0.717) is 0 Å². The summed E-state index contributed by atoms with van der Waals surface area (Å²) in [5.41, 5.74) is 9.41. The van der Waals surface area contributed by atoms with Crippen LogP contribution in [0, 0.1) is 24.7 Å². The third-order valence-corrected chi connectivity index (χ3v) is 18.1. The molecule has 1 heterocycles. The van der Waals surface area contributed by atoms with E-state index >= 15 is 0 Å². The Morgan fingerprint density at radius 3 is 1.68 bits per heavy atom. The molecule has 300 valence electrons. The average Bonchev–Trinajstić information content (AvgIpc) is 3.82. The summed E-state index contributed by atoms with van der Waals surface area (Å²) in [6.45, 7) is 0. The van der Waals surface area contributed by atoms with Gasteiger partial charge in [-0.2, -0.15) is 0 Å². The number of rotatable bonds is 6. The molecule has 60 heavy (non-hydrogen) atoms. The second-order valence-electron chi connectivity index (χ2n) is 14.6. The van der Waals surface area contributed by atoms with Gasteiger partial charge in [-0.1, -0.05) is 115 Å². The van der Waals surface area contributed by atoms with Crippen molar-refractivity contribution in [2.45, 2.75) is 19.3 Å². The van der Waals surface area contributed by atoms with Crippen LogP contribution >= 0.6 is 15.8 Å². The first-order chi connectivity index (χ1) is 28.6. The van der Waals surface area contributed by atoms with Gasteiger partial charge in [0.1, 0.15) is 31.8 Å². The Kier molecular flexibility index (Phi) is 16.2. The van der Waals surface area contributed by atoms with E-state index in [1.54, 1.807) is 5.31 Å². The molecule has 2 aliphatic rings. The molecule has 0 radical (unpaired) electrons. The summed E-state index contributed by atoms with van der Waals surface area (Å²) in [6.07, 6.45) is 25.0. The minimum Gasteiger partial charge on any atom is -0.366 e. The molecule has 10 rings (SSSR count). The van der Waals surface area contributed by atoms with Crippen LogP contribution < -0.4 is 15.9 Å². The van der Waals surface area contributed by atoms with Crippen LogP contribution in [-0.2, 0) is 58.2 Å². The van der Waals surface area contributed by atoms with Crippen molar-refractivity contribution >= 4 is 53.6 Å². The number of nitrogens with zero attached hydrogens (tertiary/aromatic N) is 1. The standard InChI is InChI=1S/C25H24P2.C15H10N.C15H9.2Au/c1-5-13-22(14-6-1)26(23-15-7-2-8-16-23)21-27(24-17-9-3-10-18-24)25-19-11-4-12-20-25;1-3-11-8-9-15-13(10-11)12-6-4-5-7-14(12)16(15)2;1-2-11-7-8-13-10-12-5-3-4-6-14(12)15(13)9-11;;/h1-3,5-11,13-20H,4,12,21H2;4-10H,2H3;3-9H,10H2;;/q;2*-1;2*+1/p+2. The second-order valence-corrected chi connectivity index (χ2v) is 20.3. The summed E-state index contributed by atoms with van der Waals surface area (Å²) < 4.78 is 2.18. The maximum Gasteiger partial charge on any atom is 1.00 e. The van der Waals surface area contributed by atoms with Gasteiger partial charge in [-0.25, -0.2) is 0 Å². The number of para-hydroxylation sites is 1. The summed E-state index contributed by atoms with van der Waals surface area (Å²) in [7, 11) is 0.448. The van der Waals surface area contributed by atoms with Gasteiger partial charge in [0.25, 0.3) is 0 Å². The molecule has 5 heteroatoms. The Hall–Kier alpha value is -4.72. The van der Waals surface area contributed by atoms with E-state index < -0.39 is 15.8 Å². The summed E-state index contributed by atoms with van der Waals surface area (Å²) in [5.74, 6) is 6.15. The molecule has 0 saturated heterocycles. The molecule has 1 aromatic heterocycles. The van der Waals surface area contributed by atoms with Crippen molar-refractivity contribution in [3.8, 4) is 23.0 Å². The van der Waals surface area contributed by atoms with Gasteiger partial charge in [-0.3, -0.25) is 11.8 Å². The Bertz CT molecular complexity index is 2790. The smallest absolute Gasteiger partial charge is 0.366 e. The van der Waals surface area contributed by atoms with Crippen molar-refractivity contribution in [1.29, 1.82) is 0 Å². The maximum atomic E-state index is 7.18. The van der Waals surface area contributed by atoms with Crippen molar-refractivity contribution in [2.24, 2.45) is 7.05 Å². The first-order valence-corrected chi connectivity index (χ1v) is 23.3. The predicted octanol–water partition coefficient (Wildman–Crippen LogP) is 12.0. The van der Waals surface area contributed by atoms with E-state index in [4.69, 9.17) is 12.8 Å². The number of aromatic nitrogens is 1. The molecule has 2 aliphatic carbocycles. The van der Waals surface area contributed by atoms with E-state index in [2.05, 4.69) is 175 Å². The van der Waals surface area contributed by atoms with Crippen molar-refractivity contribution in [3.63, 3.8) is 0 Å². The molecule has 0 bridgehead atoms. The van der Waals surface area contributed by atoms with Crippen LogP contribution in [-0.4, -0.2) is 10.5 Å². The van der Waals surface area contributed by atoms with Gasteiger partial charge in [-0.15, -0.1) is 35.4 Å². The van der Waals surface area contributed by atoms with Crippen LogP contribution in [0.15, 0.2) is 199 Å². The maximum absolute atomic E-state index is 7.18. The third-order valence-electron chi connectivity index (χ3n) is 11.1. The van der Waals surface area contributed by atoms with Gasteiger partial charge in [0.05, 0.1) is 5.31 Å². The number of hydrogen-bond acceptors (Lipinski definition) is 0. The average molecular weight is 1180 g/mol. The zero-order valence-electron chi connectivity index (χ0n) is 33.4. The van der Waals surface area contributed by atoms with Crippen LogP contribution in [0.1, 0.15) is 35.1 Å². The number of benzene rings is 7. The van der Waals surface area contributed by atoms with Gasteiger partial charge >= 0.3 is 44.8 Å². The first kappa shape index (κ1) is 44.8. The summed E-state index contributed by atoms with van der Waals surface area (Å²) in [5, 5.41) is 8.59. The Morgan fingerprint density at radius 1 is 0.517 bits per heavy atom. The minimum absolute atomic E-state index is 0. The largest absolute Gasteiger partial charge is 1.00 e. The zero-order chi connectivity index (χ0) is 39.7. The normalized spacial score (nSPS) is 12.4. The topological polar surface area (TPSA) is 4.93 Å². The number of fused-ring (bicyclic) bond motifs is 6. The first-order valence-electron chi connectivity index (χ1n) is 19.9. The Labute approximate surface area is 389 Å². The molecule has 0 spiro atoms. The predicted molar refractivity (Wildman–Crippen MR) is 254 cm³/mol. The molecule has 0 aliphatic heterocycles. The summed E-state index contributed by atoms with van der Waals surface area (Å²) >= 11 is 0. The van der Waals surface area contributed by atoms with Crippen LogP contribution in [0.25, 0.3) is 32.9 Å². The van der Waals surface area contributed by atoms with Gasteiger partial charge in [0, 0.05) is 23.5 Å². The quantitative estimate of drug-likeness (QED) is 0.0677. The fraction of sp³-hybridized carbons (Fsp3) is 0.0909. The minimum atomic E-state index is -0.823. The molecule has 0 saturated carbocycles. The fourth-order valence-corrected chi connectivity index (χ4v) is 16.0. The van der Waals surface area contributed by atoms with Crippen LogP contribution in [0.3, 0.4) is 0 Å². The monoisotopic (exact) mass is 1180 g/mol.